The third kappa shape index (κ3) is 2.88. The van der Waals surface area contributed by atoms with Crippen molar-refractivity contribution < 1.29 is 14.1 Å². The minimum absolute atomic E-state index is 0.187. The van der Waals surface area contributed by atoms with Crippen molar-refractivity contribution in [1.82, 2.24) is 19.9 Å². The number of nitrogens with zero attached hydrogens (tertiary/aromatic N) is 4. The number of ether oxygens (including phenoxy) is 1. The topological polar surface area (TPSA) is 95.1 Å². The molecule has 1 amide bonds. The van der Waals surface area contributed by atoms with Crippen LogP contribution in [0.4, 0.5) is 5.82 Å². The molecule has 0 atom stereocenters. The van der Waals surface area contributed by atoms with Crippen LogP contribution in [0.5, 0.6) is 11.5 Å². The Morgan fingerprint density at radius 2 is 2.15 bits per heavy atom. The summed E-state index contributed by atoms with van der Waals surface area (Å²) in [6.45, 7) is 1.72. The zero-order valence-electron chi connectivity index (χ0n) is 14.1. The number of aryl methyl sites for hydroxylation is 2. The number of pyridine rings is 1. The molecule has 4 rings (SSSR count). The summed E-state index contributed by atoms with van der Waals surface area (Å²) in [7, 11) is 1.80. The summed E-state index contributed by atoms with van der Waals surface area (Å²) in [4.78, 5) is 16.5. The Balaban J connectivity index is 1.74. The van der Waals surface area contributed by atoms with Crippen molar-refractivity contribution in [2.75, 3.05) is 5.32 Å². The van der Waals surface area contributed by atoms with E-state index in [2.05, 4.69) is 20.6 Å². The average Bonchev–Trinajstić information content (AvgIpc) is 3.21. The van der Waals surface area contributed by atoms with Gasteiger partial charge in [-0.2, -0.15) is 5.10 Å². The van der Waals surface area contributed by atoms with Crippen LogP contribution in [0.1, 0.15) is 16.2 Å². The molecule has 4 aromatic rings. The van der Waals surface area contributed by atoms with Gasteiger partial charge in [0.15, 0.2) is 11.5 Å². The predicted octanol–water partition coefficient (Wildman–Crippen LogP) is 3.31. The van der Waals surface area contributed by atoms with E-state index in [-0.39, 0.29) is 5.69 Å². The number of aromatic nitrogens is 4. The Kier molecular flexibility index (Phi) is 3.85. The number of hydrogen-bond acceptors (Lipinski definition) is 6. The Hall–Kier alpha value is -3.68. The maximum absolute atomic E-state index is 12.4. The first-order chi connectivity index (χ1) is 12.6. The smallest absolute Gasteiger partial charge is 0.279 e. The largest absolute Gasteiger partial charge is 0.455 e. The maximum atomic E-state index is 12.4. The molecule has 1 N–H and O–H groups in total. The van der Waals surface area contributed by atoms with Crippen molar-refractivity contribution in [2.24, 2.45) is 7.05 Å². The van der Waals surface area contributed by atoms with Crippen molar-refractivity contribution in [3.8, 4) is 11.5 Å². The van der Waals surface area contributed by atoms with E-state index in [1.165, 1.54) is 0 Å². The van der Waals surface area contributed by atoms with Crippen LogP contribution in [0.2, 0.25) is 0 Å². The summed E-state index contributed by atoms with van der Waals surface area (Å²) in [5.41, 5.74) is 1.00. The molecule has 8 heteroatoms. The van der Waals surface area contributed by atoms with Gasteiger partial charge in [0.2, 0.25) is 0 Å². The molecule has 3 heterocycles. The van der Waals surface area contributed by atoms with Gasteiger partial charge in [0, 0.05) is 19.3 Å². The van der Waals surface area contributed by atoms with Crippen LogP contribution < -0.4 is 10.1 Å². The van der Waals surface area contributed by atoms with Gasteiger partial charge in [-0.1, -0.05) is 11.2 Å². The summed E-state index contributed by atoms with van der Waals surface area (Å²) in [6.07, 6.45) is 3.29. The number of carbonyl (C=O) groups excluding carboxylic acids is 1. The molecule has 0 bridgehead atoms. The maximum Gasteiger partial charge on any atom is 0.279 e. The third-order valence-corrected chi connectivity index (χ3v) is 3.79. The van der Waals surface area contributed by atoms with Gasteiger partial charge in [0.1, 0.15) is 17.3 Å². The minimum atomic E-state index is -0.405. The lowest BCUT2D eigenvalue weighted by Crippen LogP contribution is -2.13. The van der Waals surface area contributed by atoms with Gasteiger partial charge in [-0.25, -0.2) is 0 Å². The molecule has 0 unspecified atom stereocenters. The Morgan fingerprint density at radius 1 is 1.27 bits per heavy atom. The minimum Gasteiger partial charge on any atom is -0.455 e. The highest BCUT2D eigenvalue weighted by Crippen LogP contribution is 2.34. The second kappa shape index (κ2) is 6.32. The van der Waals surface area contributed by atoms with Gasteiger partial charge in [0.05, 0.1) is 17.1 Å². The van der Waals surface area contributed by atoms with Crippen LogP contribution in [0.25, 0.3) is 10.9 Å². The van der Waals surface area contributed by atoms with E-state index in [1.54, 1.807) is 49.2 Å². The van der Waals surface area contributed by atoms with E-state index in [0.717, 1.165) is 5.52 Å². The zero-order valence-corrected chi connectivity index (χ0v) is 14.1. The van der Waals surface area contributed by atoms with Gasteiger partial charge in [0.25, 0.3) is 5.91 Å². The normalized spacial score (nSPS) is 10.8. The molecular weight excluding hydrogens is 334 g/mol. The highest BCUT2D eigenvalue weighted by atomic mass is 16.5. The molecule has 0 saturated carbocycles. The molecule has 3 aromatic heterocycles. The van der Waals surface area contributed by atoms with Crippen LogP contribution >= 0.6 is 0 Å². The third-order valence-electron chi connectivity index (χ3n) is 3.79. The monoisotopic (exact) mass is 349 g/mol. The van der Waals surface area contributed by atoms with Crippen LogP contribution in [-0.4, -0.2) is 25.8 Å². The van der Waals surface area contributed by atoms with E-state index in [4.69, 9.17) is 9.26 Å². The highest BCUT2D eigenvalue weighted by Gasteiger charge is 2.19. The van der Waals surface area contributed by atoms with Crippen molar-refractivity contribution >= 4 is 22.6 Å². The Bertz CT molecular complexity index is 1080. The van der Waals surface area contributed by atoms with Crippen molar-refractivity contribution in [2.45, 2.75) is 6.92 Å². The molecule has 130 valence electrons. The van der Waals surface area contributed by atoms with E-state index in [1.807, 2.05) is 18.2 Å². The van der Waals surface area contributed by atoms with Crippen LogP contribution in [0, 0.1) is 6.92 Å². The average molecular weight is 349 g/mol. The van der Waals surface area contributed by atoms with Gasteiger partial charge in [-0.05, 0) is 31.2 Å². The van der Waals surface area contributed by atoms with Gasteiger partial charge in [-0.3, -0.25) is 14.5 Å². The molecule has 26 heavy (non-hydrogen) atoms. The van der Waals surface area contributed by atoms with Gasteiger partial charge < -0.3 is 14.6 Å². The van der Waals surface area contributed by atoms with Gasteiger partial charge in [-0.15, -0.1) is 0 Å². The first kappa shape index (κ1) is 15.8. The fraction of sp³-hybridized carbons (Fsp3) is 0.111. The Labute approximate surface area is 148 Å². The summed E-state index contributed by atoms with van der Waals surface area (Å²) in [5.74, 6) is 1.69. The first-order valence-corrected chi connectivity index (χ1v) is 7.90. The predicted molar refractivity (Wildman–Crippen MR) is 94.2 cm³/mol. The zero-order chi connectivity index (χ0) is 18.1. The number of nitrogens with one attached hydrogen (secondary N) is 1. The number of carbonyl (C=O) groups is 1. The fourth-order valence-electron chi connectivity index (χ4n) is 2.63. The SMILES string of the molecule is Cc1cc(C(=O)Nc2nn(C)c3cccc(Oc4cccnc4)c23)no1. The summed E-state index contributed by atoms with van der Waals surface area (Å²) < 4.78 is 12.6. The molecule has 0 aliphatic rings. The number of hydrogen-bond donors (Lipinski definition) is 1. The molecule has 0 aliphatic heterocycles. The molecular formula is C18H15N5O3. The summed E-state index contributed by atoms with van der Waals surface area (Å²) in [5, 5.41) is 11.6. The standard InChI is InChI=1S/C18H15N5O3/c1-11-9-13(22-26-11)18(24)20-17-16-14(23(2)21-17)6-3-7-15(16)25-12-5-4-8-19-10-12/h3-10H,1-2H3,(H,20,21,24). The summed E-state index contributed by atoms with van der Waals surface area (Å²) >= 11 is 0. The molecule has 0 radical (unpaired) electrons. The van der Waals surface area contributed by atoms with E-state index in [9.17, 15) is 4.79 Å². The number of anilines is 1. The van der Waals surface area contributed by atoms with Crippen LogP contribution in [-0.2, 0) is 7.05 Å². The first-order valence-electron chi connectivity index (χ1n) is 7.90. The molecule has 0 spiro atoms. The second-order valence-electron chi connectivity index (χ2n) is 5.69. The Morgan fingerprint density at radius 3 is 2.88 bits per heavy atom. The molecule has 8 nitrogen and oxygen atoms in total. The molecule has 0 fully saturated rings. The lowest BCUT2D eigenvalue weighted by atomic mass is 10.2. The van der Waals surface area contributed by atoms with E-state index in [0.29, 0.717) is 28.5 Å². The second-order valence-corrected chi connectivity index (χ2v) is 5.69. The molecule has 0 aliphatic carbocycles. The van der Waals surface area contributed by atoms with Crippen molar-refractivity contribution in [3.63, 3.8) is 0 Å². The van der Waals surface area contributed by atoms with Crippen molar-refractivity contribution in [3.05, 3.63) is 60.2 Å². The number of amides is 1. The highest BCUT2D eigenvalue weighted by molar-refractivity contribution is 6.08. The fourth-order valence-corrected chi connectivity index (χ4v) is 2.63. The number of benzene rings is 1. The lowest BCUT2D eigenvalue weighted by Gasteiger charge is -2.07. The number of rotatable bonds is 4. The van der Waals surface area contributed by atoms with Crippen molar-refractivity contribution in [1.29, 1.82) is 0 Å². The quantitative estimate of drug-likeness (QED) is 0.607. The van der Waals surface area contributed by atoms with E-state index >= 15 is 0 Å². The van der Waals surface area contributed by atoms with E-state index < -0.39 is 5.91 Å². The van der Waals surface area contributed by atoms with Gasteiger partial charge >= 0.3 is 0 Å². The van der Waals surface area contributed by atoms with Crippen LogP contribution in [0.3, 0.4) is 0 Å². The lowest BCUT2D eigenvalue weighted by molar-refractivity contribution is 0.101. The molecule has 0 saturated heterocycles. The number of fused-ring (bicyclic) bond motifs is 1. The van der Waals surface area contributed by atoms with Crippen LogP contribution in [0.15, 0.2) is 53.3 Å². The molecule has 1 aromatic carbocycles. The summed E-state index contributed by atoms with van der Waals surface area (Å²) in [6, 6.07) is 10.7.